The van der Waals surface area contributed by atoms with E-state index in [1.807, 2.05) is 0 Å². The van der Waals surface area contributed by atoms with Crippen LogP contribution in [0.25, 0.3) is 0 Å². The third kappa shape index (κ3) is 2.24. The minimum Gasteiger partial charge on any atom is -0.309 e. The van der Waals surface area contributed by atoms with Crippen molar-refractivity contribution in [3.8, 4) is 0 Å². The van der Waals surface area contributed by atoms with Crippen molar-refractivity contribution in [2.75, 3.05) is 27.2 Å². The largest absolute Gasteiger partial charge is 0.309 e. The lowest BCUT2D eigenvalue weighted by Crippen LogP contribution is -2.52. The predicted molar refractivity (Wildman–Crippen MR) is 73.4 cm³/mol. The summed E-state index contributed by atoms with van der Waals surface area (Å²) in [6.45, 7) is 6.77. The molecule has 1 N–H and O–H groups in total. The number of nitrogens with one attached hydrogen (secondary N) is 1. The van der Waals surface area contributed by atoms with E-state index in [1.165, 1.54) is 36.1 Å². The number of hydrogen-bond acceptors (Lipinski definition) is 2. The fourth-order valence-electron chi connectivity index (χ4n) is 3.10. The second-order valence-electron chi connectivity index (χ2n) is 5.42. The fraction of sp³-hybridized carbons (Fsp3) is 0.600. The molecule has 2 rings (SSSR count). The SMILES string of the molecule is CNC1(c2cccc(C)c2C)CCCN(C)C1. The number of benzene rings is 1. The highest BCUT2D eigenvalue weighted by Gasteiger charge is 2.35. The molecule has 0 aromatic heterocycles. The van der Waals surface area contributed by atoms with E-state index in [9.17, 15) is 0 Å². The maximum absolute atomic E-state index is 3.59. The maximum atomic E-state index is 3.59. The number of hydrogen-bond donors (Lipinski definition) is 1. The highest BCUT2D eigenvalue weighted by atomic mass is 15.2. The van der Waals surface area contributed by atoms with Crippen molar-refractivity contribution < 1.29 is 0 Å². The highest BCUT2D eigenvalue weighted by Crippen LogP contribution is 2.33. The third-order valence-electron chi connectivity index (χ3n) is 4.28. The van der Waals surface area contributed by atoms with Gasteiger partial charge in [-0.1, -0.05) is 18.2 Å². The Balaban J connectivity index is 2.43. The van der Waals surface area contributed by atoms with Crippen LogP contribution in [0.4, 0.5) is 0 Å². The summed E-state index contributed by atoms with van der Waals surface area (Å²) in [7, 11) is 4.32. The van der Waals surface area contributed by atoms with Gasteiger partial charge in [0.15, 0.2) is 0 Å². The van der Waals surface area contributed by atoms with Gasteiger partial charge in [-0.25, -0.2) is 0 Å². The van der Waals surface area contributed by atoms with Gasteiger partial charge in [-0.15, -0.1) is 0 Å². The summed E-state index contributed by atoms with van der Waals surface area (Å²) in [5.74, 6) is 0. The quantitative estimate of drug-likeness (QED) is 0.842. The number of likely N-dealkylation sites (tertiary alicyclic amines) is 1. The number of rotatable bonds is 2. The van der Waals surface area contributed by atoms with Crippen molar-refractivity contribution in [3.63, 3.8) is 0 Å². The van der Waals surface area contributed by atoms with Crippen LogP contribution in [-0.2, 0) is 5.54 Å². The molecular formula is C15H24N2. The van der Waals surface area contributed by atoms with E-state index in [-0.39, 0.29) is 5.54 Å². The zero-order chi connectivity index (χ0) is 12.5. The van der Waals surface area contributed by atoms with Crippen LogP contribution in [0.5, 0.6) is 0 Å². The molecule has 2 heteroatoms. The predicted octanol–water partition coefficient (Wildman–Crippen LogP) is 2.44. The van der Waals surface area contributed by atoms with Crippen molar-refractivity contribution in [2.24, 2.45) is 0 Å². The Morgan fingerprint density at radius 3 is 2.71 bits per heavy atom. The molecule has 0 saturated carbocycles. The molecule has 1 aromatic rings. The van der Waals surface area contributed by atoms with Crippen LogP contribution < -0.4 is 5.32 Å². The fourth-order valence-corrected chi connectivity index (χ4v) is 3.10. The molecule has 94 valence electrons. The number of piperidine rings is 1. The van der Waals surface area contributed by atoms with Gasteiger partial charge in [0.25, 0.3) is 0 Å². The molecule has 0 radical (unpaired) electrons. The zero-order valence-corrected chi connectivity index (χ0v) is 11.5. The monoisotopic (exact) mass is 232 g/mol. The molecule has 1 saturated heterocycles. The Morgan fingerprint density at radius 1 is 1.29 bits per heavy atom. The van der Waals surface area contributed by atoms with E-state index in [0.717, 1.165) is 6.54 Å². The third-order valence-corrected chi connectivity index (χ3v) is 4.28. The number of likely N-dealkylation sites (N-methyl/N-ethyl adjacent to an activating group) is 2. The molecule has 1 aliphatic rings. The van der Waals surface area contributed by atoms with E-state index in [1.54, 1.807) is 0 Å². The Kier molecular flexibility index (Phi) is 3.55. The molecule has 0 amide bonds. The van der Waals surface area contributed by atoms with Gasteiger partial charge in [0.2, 0.25) is 0 Å². The molecule has 1 fully saturated rings. The molecule has 1 atom stereocenters. The molecular weight excluding hydrogens is 208 g/mol. The van der Waals surface area contributed by atoms with Crippen molar-refractivity contribution in [2.45, 2.75) is 32.2 Å². The van der Waals surface area contributed by atoms with E-state index in [4.69, 9.17) is 0 Å². The summed E-state index contributed by atoms with van der Waals surface area (Å²) in [5, 5.41) is 3.59. The summed E-state index contributed by atoms with van der Waals surface area (Å²) in [6, 6.07) is 6.68. The van der Waals surface area contributed by atoms with E-state index in [2.05, 4.69) is 56.4 Å². The van der Waals surface area contributed by atoms with Gasteiger partial charge in [0, 0.05) is 6.54 Å². The zero-order valence-electron chi connectivity index (χ0n) is 11.5. The molecule has 2 nitrogen and oxygen atoms in total. The normalized spacial score (nSPS) is 26.1. The second-order valence-corrected chi connectivity index (χ2v) is 5.42. The molecule has 0 aliphatic carbocycles. The first-order valence-corrected chi connectivity index (χ1v) is 6.53. The molecule has 1 aromatic carbocycles. The first-order chi connectivity index (χ1) is 8.09. The van der Waals surface area contributed by atoms with E-state index < -0.39 is 0 Å². The van der Waals surface area contributed by atoms with Gasteiger partial charge in [-0.2, -0.15) is 0 Å². The minimum atomic E-state index is 0.142. The Bertz CT molecular complexity index is 400. The van der Waals surface area contributed by atoms with Gasteiger partial charge >= 0.3 is 0 Å². The van der Waals surface area contributed by atoms with Gasteiger partial charge in [0.1, 0.15) is 0 Å². The second kappa shape index (κ2) is 4.79. The lowest BCUT2D eigenvalue weighted by atomic mass is 9.79. The van der Waals surface area contributed by atoms with Crippen LogP contribution in [0.15, 0.2) is 18.2 Å². The summed E-state index contributed by atoms with van der Waals surface area (Å²) in [4.78, 5) is 2.43. The first kappa shape index (κ1) is 12.6. The number of nitrogens with zero attached hydrogens (tertiary/aromatic N) is 1. The average Bonchev–Trinajstić information content (AvgIpc) is 2.32. The number of aryl methyl sites for hydroxylation is 1. The van der Waals surface area contributed by atoms with Crippen LogP contribution in [0.2, 0.25) is 0 Å². The summed E-state index contributed by atoms with van der Waals surface area (Å²) in [6.07, 6.45) is 2.50. The van der Waals surface area contributed by atoms with Crippen LogP contribution in [0.1, 0.15) is 29.5 Å². The van der Waals surface area contributed by atoms with E-state index >= 15 is 0 Å². The highest BCUT2D eigenvalue weighted by molar-refractivity contribution is 5.39. The van der Waals surface area contributed by atoms with E-state index in [0.29, 0.717) is 0 Å². The molecule has 1 aliphatic heterocycles. The maximum Gasteiger partial charge on any atom is 0.0564 e. The van der Waals surface area contributed by atoms with Crippen LogP contribution in [0, 0.1) is 13.8 Å². The Hall–Kier alpha value is -0.860. The molecule has 0 bridgehead atoms. The van der Waals surface area contributed by atoms with Crippen molar-refractivity contribution in [1.82, 2.24) is 10.2 Å². The molecule has 17 heavy (non-hydrogen) atoms. The topological polar surface area (TPSA) is 15.3 Å². The Labute approximate surface area is 105 Å². The van der Waals surface area contributed by atoms with Crippen molar-refractivity contribution in [1.29, 1.82) is 0 Å². The average molecular weight is 232 g/mol. The lowest BCUT2D eigenvalue weighted by molar-refractivity contribution is 0.151. The summed E-state index contributed by atoms with van der Waals surface area (Å²) >= 11 is 0. The minimum absolute atomic E-state index is 0.142. The van der Waals surface area contributed by atoms with Gasteiger partial charge < -0.3 is 10.2 Å². The van der Waals surface area contributed by atoms with Gasteiger partial charge in [0.05, 0.1) is 5.54 Å². The molecule has 1 unspecified atom stereocenters. The van der Waals surface area contributed by atoms with Gasteiger partial charge in [-0.05, 0) is 64.0 Å². The van der Waals surface area contributed by atoms with Crippen LogP contribution in [-0.4, -0.2) is 32.1 Å². The molecule has 0 spiro atoms. The Morgan fingerprint density at radius 2 is 2.06 bits per heavy atom. The summed E-state index contributed by atoms with van der Waals surface area (Å²) in [5.41, 5.74) is 4.46. The van der Waals surface area contributed by atoms with Crippen molar-refractivity contribution in [3.05, 3.63) is 34.9 Å². The lowest BCUT2D eigenvalue weighted by Gasteiger charge is -2.43. The van der Waals surface area contributed by atoms with Gasteiger partial charge in [-0.3, -0.25) is 0 Å². The first-order valence-electron chi connectivity index (χ1n) is 6.53. The standard InChI is InChI=1S/C15H24N2/c1-12-7-5-8-14(13(12)2)15(16-3)9-6-10-17(4)11-15/h5,7-8,16H,6,9-11H2,1-4H3. The van der Waals surface area contributed by atoms with Crippen molar-refractivity contribution >= 4 is 0 Å². The van der Waals surface area contributed by atoms with Crippen LogP contribution in [0.3, 0.4) is 0 Å². The molecule has 1 heterocycles. The van der Waals surface area contributed by atoms with Crippen LogP contribution >= 0.6 is 0 Å². The summed E-state index contributed by atoms with van der Waals surface area (Å²) < 4.78 is 0. The smallest absolute Gasteiger partial charge is 0.0564 e.